The van der Waals surface area contributed by atoms with E-state index in [4.69, 9.17) is 5.73 Å². The molecule has 3 rings (SSSR count). The van der Waals surface area contributed by atoms with Gasteiger partial charge in [-0.25, -0.2) is 9.37 Å². The number of fused-ring (bicyclic) bond motifs is 1. The molecule has 0 spiro atoms. The summed E-state index contributed by atoms with van der Waals surface area (Å²) in [5.74, 6) is 1.33. The fourth-order valence-electron chi connectivity index (χ4n) is 3.33. The van der Waals surface area contributed by atoms with Crippen molar-refractivity contribution in [3.8, 4) is 0 Å². The summed E-state index contributed by atoms with van der Waals surface area (Å²) in [5.41, 5.74) is 6.17. The van der Waals surface area contributed by atoms with Gasteiger partial charge in [-0.05, 0) is 46.7 Å². The predicted octanol–water partition coefficient (Wildman–Crippen LogP) is 2.55. The maximum absolute atomic E-state index is 13.9. The van der Waals surface area contributed by atoms with Crippen LogP contribution in [0.15, 0.2) is 16.7 Å². The topological polar surface area (TPSA) is 42.1 Å². The van der Waals surface area contributed by atoms with Crippen molar-refractivity contribution in [2.24, 2.45) is 17.6 Å². The molecule has 1 aliphatic carbocycles. The molecule has 18 heavy (non-hydrogen) atoms. The maximum Gasteiger partial charge on any atom is 0.166 e. The second-order valence-corrected chi connectivity index (χ2v) is 6.30. The minimum atomic E-state index is -0.253. The summed E-state index contributed by atoms with van der Waals surface area (Å²) >= 11 is 3.23. The van der Waals surface area contributed by atoms with E-state index in [9.17, 15) is 4.39 Å². The summed E-state index contributed by atoms with van der Waals surface area (Å²) in [7, 11) is 0. The number of nitrogens with zero attached hydrogens (tertiary/aromatic N) is 2. The van der Waals surface area contributed by atoms with Crippen molar-refractivity contribution in [3.05, 3.63) is 22.6 Å². The molecule has 1 aromatic rings. The summed E-state index contributed by atoms with van der Waals surface area (Å²) in [6.45, 7) is 1.74. The molecule has 2 heterocycles. The van der Waals surface area contributed by atoms with Crippen LogP contribution in [-0.2, 0) is 0 Å². The van der Waals surface area contributed by atoms with Crippen molar-refractivity contribution in [3.63, 3.8) is 0 Å². The molecule has 1 aliphatic heterocycles. The number of aromatic nitrogens is 1. The number of nitrogens with two attached hydrogens (primary N) is 1. The average molecular weight is 314 g/mol. The van der Waals surface area contributed by atoms with Gasteiger partial charge in [-0.15, -0.1) is 0 Å². The highest BCUT2D eigenvalue weighted by atomic mass is 79.9. The van der Waals surface area contributed by atoms with E-state index in [2.05, 4.69) is 25.8 Å². The molecule has 1 saturated heterocycles. The van der Waals surface area contributed by atoms with Crippen LogP contribution >= 0.6 is 15.9 Å². The number of pyridine rings is 1. The summed E-state index contributed by atoms with van der Waals surface area (Å²) in [5, 5.41) is 0. The Balaban J connectivity index is 1.82. The van der Waals surface area contributed by atoms with Crippen molar-refractivity contribution < 1.29 is 4.39 Å². The summed E-state index contributed by atoms with van der Waals surface area (Å²) in [6.07, 6.45) is 5.17. The molecular formula is C13H17BrFN3. The summed E-state index contributed by atoms with van der Waals surface area (Å²) in [4.78, 5) is 6.26. The second kappa shape index (κ2) is 4.78. The lowest BCUT2D eigenvalue weighted by Gasteiger charge is -2.29. The van der Waals surface area contributed by atoms with E-state index in [-0.39, 0.29) is 11.9 Å². The van der Waals surface area contributed by atoms with Gasteiger partial charge in [-0.2, -0.15) is 0 Å². The van der Waals surface area contributed by atoms with Crippen LogP contribution in [-0.4, -0.2) is 24.1 Å². The highest BCUT2D eigenvalue weighted by Gasteiger charge is 2.39. The Morgan fingerprint density at radius 3 is 2.94 bits per heavy atom. The Hall–Kier alpha value is -0.680. The molecule has 3 unspecified atom stereocenters. The molecule has 0 bridgehead atoms. The van der Waals surface area contributed by atoms with Gasteiger partial charge in [-0.1, -0.05) is 6.42 Å². The minimum Gasteiger partial charge on any atom is -0.354 e. The van der Waals surface area contributed by atoms with Crippen LogP contribution in [0.3, 0.4) is 0 Å². The second-order valence-electron chi connectivity index (χ2n) is 5.38. The molecule has 3 nitrogen and oxygen atoms in total. The standard InChI is InChI=1S/C13H17BrFN3/c14-9-4-11(15)13(17-5-9)18-6-8-2-1-3-12(16)10(8)7-18/h4-5,8,10,12H,1-3,6-7,16H2. The molecular weight excluding hydrogens is 297 g/mol. The van der Waals surface area contributed by atoms with E-state index in [1.54, 1.807) is 6.20 Å². The van der Waals surface area contributed by atoms with E-state index in [1.165, 1.54) is 18.9 Å². The van der Waals surface area contributed by atoms with Crippen LogP contribution < -0.4 is 10.6 Å². The monoisotopic (exact) mass is 313 g/mol. The third kappa shape index (κ3) is 2.14. The van der Waals surface area contributed by atoms with Crippen molar-refractivity contribution >= 4 is 21.7 Å². The average Bonchev–Trinajstić information content (AvgIpc) is 2.74. The Kier molecular flexibility index (Phi) is 3.28. The number of hydrogen-bond donors (Lipinski definition) is 1. The molecule has 98 valence electrons. The summed E-state index contributed by atoms with van der Waals surface area (Å²) < 4.78 is 14.6. The number of rotatable bonds is 1. The zero-order valence-electron chi connectivity index (χ0n) is 10.1. The first-order valence-corrected chi connectivity index (χ1v) is 7.26. The van der Waals surface area contributed by atoms with Gasteiger partial charge >= 0.3 is 0 Å². The molecule has 0 amide bonds. The molecule has 2 aliphatic rings. The Morgan fingerprint density at radius 2 is 2.22 bits per heavy atom. The lowest BCUT2D eigenvalue weighted by Crippen LogP contribution is -2.38. The molecule has 2 N–H and O–H groups in total. The van der Waals surface area contributed by atoms with E-state index in [0.717, 1.165) is 19.5 Å². The third-order valence-corrected chi connectivity index (χ3v) is 4.68. The number of hydrogen-bond acceptors (Lipinski definition) is 3. The van der Waals surface area contributed by atoms with Crippen LogP contribution in [0.25, 0.3) is 0 Å². The van der Waals surface area contributed by atoms with Gasteiger partial charge in [-0.3, -0.25) is 0 Å². The summed E-state index contributed by atoms with van der Waals surface area (Å²) in [6, 6.07) is 1.75. The number of halogens is 2. The normalized spacial score (nSPS) is 31.5. The molecule has 0 aromatic carbocycles. The van der Waals surface area contributed by atoms with Crippen LogP contribution in [0.2, 0.25) is 0 Å². The maximum atomic E-state index is 13.9. The van der Waals surface area contributed by atoms with Gasteiger partial charge in [0.1, 0.15) is 0 Å². The zero-order chi connectivity index (χ0) is 12.7. The molecule has 1 saturated carbocycles. The van der Waals surface area contributed by atoms with Gasteiger partial charge in [0.2, 0.25) is 0 Å². The first-order valence-electron chi connectivity index (χ1n) is 6.46. The SMILES string of the molecule is NC1CCCC2CN(c3ncc(Br)cc3F)CC12. The Morgan fingerprint density at radius 1 is 1.39 bits per heavy atom. The molecule has 3 atom stereocenters. The van der Waals surface area contributed by atoms with Gasteiger partial charge < -0.3 is 10.6 Å². The van der Waals surface area contributed by atoms with Crippen LogP contribution in [0.4, 0.5) is 10.2 Å². The van der Waals surface area contributed by atoms with E-state index >= 15 is 0 Å². The molecule has 0 radical (unpaired) electrons. The first-order chi connectivity index (χ1) is 8.65. The van der Waals surface area contributed by atoms with Crippen LogP contribution in [0.1, 0.15) is 19.3 Å². The van der Waals surface area contributed by atoms with E-state index in [1.807, 2.05) is 0 Å². The smallest absolute Gasteiger partial charge is 0.166 e. The predicted molar refractivity (Wildman–Crippen MR) is 72.9 cm³/mol. The van der Waals surface area contributed by atoms with Crippen molar-refractivity contribution in [2.45, 2.75) is 25.3 Å². The zero-order valence-corrected chi connectivity index (χ0v) is 11.7. The third-order valence-electron chi connectivity index (χ3n) is 4.24. The fraction of sp³-hybridized carbons (Fsp3) is 0.615. The highest BCUT2D eigenvalue weighted by molar-refractivity contribution is 9.10. The largest absolute Gasteiger partial charge is 0.354 e. The van der Waals surface area contributed by atoms with Gasteiger partial charge in [0.05, 0.1) is 0 Å². The Bertz CT molecular complexity index is 454. The fourth-order valence-corrected chi connectivity index (χ4v) is 3.63. The van der Waals surface area contributed by atoms with E-state index < -0.39 is 0 Å². The molecule has 2 fully saturated rings. The lowest BCUT2D eigenvalue weighted by atomic mass is 9.78. The molecule has 1 aromatic heterocycles. The van der Waals surface area contributed by atoms with Gasteiger partial charge in [0.15, 0.2) is 11.6 Å². The van der Waals surface area contributed by atoms with Crippen molar-refractivity contribution in [2.75, 3.05) is 18.0 Å². The minimum absolute atomic E-state index is 0.253. The van der Waals surface area contributed by atoms with Gasteiger partial charge in [0, 0.05) is 29.8 Å². The quantitative estimate of drug-likeness (QED) is 0.866. The van der Waals surface area contributed by atoms with Crippen LogP contribution in [0, 0.1) is 17.7 Å². The number of anilines is 1. The van der Waals surface area contributed by atoms with Crippen molar-refractivity contribution in [1.29, 1.82) is 0 Å². The lowest BCUT2D eigenvalue weighted by molar-refractivity contribution is 0.260. The Labute approximate surface area is 115 Å². The highest BCUT2D eigenvalue weighted by Crippen LogP contribution is 2.37. The van der Waals surface area contributed by atoms with Crippen LogP contribution in [0.5, 0.6) is 0 Å². The van der Waals surface area contributed by atoms with E-state index in [0.29, 0.717) is 22.1 Å². The van der Waals surface area contributed by atoms with Crippen molar-refractivity contribution in [1.82, 2.24) is 4.98 Å². The molecule has 5 heteroatoms. The van der Waals surface area contributed by atoms with Gasteiger partial charge in [0.25, 0.3) is 0 Å². The first kappa shape index (κ1) is 12.4.